The lowest BCUT2D eigenvalue weighted by atomic mass is 10.2. The van der Waals surface area contributed by atoms with Crippen molar-refractivity contribution in [1.29, 1.82) is 0 Å². The zero-order chi connectivity index (χ0) is 13.9. The Kier molecular flexibility index (Phi) is 3.58. The number of carbonyl (C=O) groups is 1. The van der Waals surface area contributed by atoms with Gasteiger partial charge in [-0.15, -0.1) is 0 Å². The summed E-state index contributed by atoms with van der Waals surface area (Å²) in [7, 11) is 0. The van der Waals surface area contributed by atoms with Crippen LogP contribution in [0.25, 0.3) is 11.1 Å². The standard InChI is InChI=1S/C15H18N2O3/c18-14(16-9-5-1-2-6-10-16)11-17-12-7-3-4-8-13(12)20-15(17)19/h3-4,7-8H,1-2,5-6,9-11H2. The summed E-state index contributed by atoms with van der Waals surface area (Å²) in [5, 5.41) is 0. The molecule has 1 aromatic heterocycles. The second kappa shape index (κ2) is 5.53. The number of nitrogens with zero attached hydrogens (tertiary/aromatic N) is 2. The number of benzene rings is 1. The van der Waals surface area contributed by atoms with Crippen LogP contribution in [0.2, 0.25) is 0 Å². The van der Waals surface area contributed by atoms with Gasteiger partial charge in [-0.25, -0.2) is 4.79 Å². The maximum atomic E-state index is 12.3. The van der Waals surface area contributed by atoms with Crippen molar-refractivity contribution in [2.24, 2.45) is 0 Å². The molecule has 0 radical (unpaired) electrons. The number of hydrogen-bond donors (Lipinski definition) is 0. The minimum atomic E-state index is -0.464. The van der Waals surface area contributed by atoms with Gasteiger partial charge in [-0.05, 0) is 25.0 Å². The van der Waals surface area contributed by atoms with Gasteiger partial charge >= 0.3 is 5.76 Å². The van der Waals surface area contributed by atoms with Gasteiger partial charge in [-0.3, -0.25) is 9.36 Å². The molecule has 5 nitrogen and oxygen atoms in total. The van der Waals surface area contributed by atoms with E-state index in [1.165, 1.54) is 17.4 Å². The summed E-state index contributed by atoms with van der Waals surface area (Å²) in [6.45, 7) is 1.66. The normalized spacial score (nSPS) is 16.3. The van der Waals surface area contributed by atoms with Crippen molar-refractivity contribution in [3.63, 3.8) is 0 Å². The van der Waals surface area contributed by atoms with Crippen LogP contribution in [-0.4, -0.2) is 28.5 Å². The quantitative estimate of drug-likeness (QED) is 0.841. The van der Waals surface area contributed by atoms with Crippen LogP contribution in [0.15, 0.2) is 33.5 Å². The third-order valence-corrected chi connectivity index (χ3v) is 3.83. The van der Waals surface area contributed by atoms with Crippen molar-refractivity contribution < 1.29 is 9.21 Å². The van der Waals surface area contributed by atoms with Crippen molar-refractivity contribution in [3.05, 3.63) is 34.8 Å². The molecule has 0 saturated carbocycles. The van der Waals surface area contributed by atoms with E-state index in [-0.39, 0.29) is 12.5 Å². The number of aromatic nitrogens is 1. The van der Waals surface area contributed by atoms with Gasteiger partial charge < -0.3 is 9.32 Å². The first kappa shape index (κ1) is 13.0. The van der Waals surface area contributed by atoms with Gasteiger partial charge in [0.25, 0.3) is 0 Å². The maximum Gasteiger partial charge on any atom is 0.420 e. The molecule has 1 aliphatic heterocycles. The summed E-state index contributed by atoms with van der Waals surface area (Å²) in [5.74, 6) is -0.463. The molecule has 0 N–H and O–H groups in total. The number of likely N-dealkylation sites (tertiary alicyclic amines) is 1. The van der Waals surface area contributed by atoms with E-state index in [1.807, 2.05) is 17.0 Å². The molecule has 1 aromatic carbocycles. The summed E-state index contributed by atoms with van der Waals surface area (Å²) in [5.41, 5.74) is 1.21. The van der Waals surface area contributed by atoms with Crippen LogP contribution in [0.4, 0.5) is 0 Å². The summed E-state index contributed by atoms with van der Waals surface area (Å²) in [4.78, 5) is 26.1. The number of rotatable bonds is 2. The number of hydrogen-bond acceptors (Lipinski definition) is 3. The zero-order valence-corrected chi connectivity index (χ0v) is 11.4. The van der Waals surface area contributed by atoms with E-state index in [9.17, 15) is 9.59 Å². The minimum absolute atomic E-state index is 0.000512. The zero-order valence-electron chi connectivity index (χ0n) is 11.4. The van der Waals surface area contributed by atoms with E-state index in [0.29, 0.717) is 11.1 Å². The van der Waals surface area contributed by atoms with E-state index >= 15 is 0 Å². The van der Waals surface area contributed by atoms with Gasteiger partial charge in [-0.2, -0.15) is 0 Å². The topological polar surface area (TPSA) is 55.5 Å². The van der Waals surface area contributed by atoms with Gasteiger partial charge in [0.2, 0.25) is 5.91 Å². The largest absolute Gasteiger partial charge is 0.420 e. The van der Waals surface area contributed by atoms with Crippen molar-refractivity contribution in [1.82, 2.24) is 9.47 Å². The summed E-state index contributed by atoms with van der Waals surface area (Å²) >= 11 is 0. The molecular weight excluding hydrogens is 256 g/mol. The minimum Gasteiger partial charge on any atom is -0.408 e. The first-order valence-corrected chi connectivity index (χ1v) is 7.12. The first-order chi connectivity index (χ1) is 9.75. The van der Waals surface area contributed by atoms with Crippen LogP contribution in [-0.2, 0) is 11.3 Å². The lowest BCUT2D eigenvalue weighted by Gasteiger charge is -2.20. The second-order valence-electron chi connectivity index (χ2n) is 5.22. The molecule has 20 heavy (non-hydrogen) atoms. The van der Waals surface area contributed by atoms with Crippen molar-refractivity contribution >= 4 is 17.0 Å². The third-order valence-electron chi connectivity index (χ3n) is 3.83. The number of amides is 1. The average Bonchev–Trinajstić information content (AvgIpc) is 2.66. The number of para-hydroxylation sites is 2. The fourth-order valence-electron chi connectivity index (χ4n) is 2.72. The van der Waals surface area contributed by atoms with E-state index in [2.05, 4.69) is 0 Å². The Balaban J connectivity index is 1.83. The highest BCUT2D eigenvalue weighted by Crippen LogP contribution is 2.13. The molecule has 1 amide bonds. The Morgan fingerprint density at radius 3 is 2.55 bits per heavy atom. The molecule has 0 bridgehead atoms. The molecule has 106 valence electrons. The fraction of sp³-hybridized carbons (Fsp3) is 0.467. The number of oxazole rings is 1. The highest BCUT2D eigenvalue weighted by molar-refractivity contribution is 5.79. The fourth-order valence-corrected chi connectivity index (χ4v) is 2.72. The molecule has 0 unspecified atom stereocenters. The molecule has 1 fully saturated rings. The Morgan fingerprint density at radius 2 is 1.80 bits per heavy atom. The summed E-state index contributed by atoms with van der Waals surface area (Å²) in [6, 6.07) is 7.19. The van der Waals surface area contributed by atoms with Crippen LogP contribution >= 0.6 is 0 Å². The van der Waals surface area contributed by atoms with E-state index in [4.69, 9.17) is 4.42 Å². The maximum absolute atomic E-state index is 12.3. The van der Waals surface area contributed by atoms with Crippen molar-refractivity contribution in [2.75, 3.05) is 13.1 Å². The Hall–Kier alpha value is -2.04. The van der Waals surface area contributed by atoms with Gasteiger partial charge in [0.1, 0.15) is 6.54 Å². The van der Waals surface area contributed by atoms with Crippen molar-refractivity contribution in [3.8, 4) is 0 Å². The van der Waals surface area contributed by atoms with Gasteiger partial charge in [0.15, 0.2) is 5.58 Å². The van der Waals surface area contributed by atoms with Crippen LogP contribution in [0.5, 0.6) is 0 Å². The SMILES string of the molecule is O=C(Cn1c(=O)oc2ccccc21)N1CCCCCC1. The lowest BCUT2D eigenvalue weighted by Crippen LogP contribution is -2.36. The highest BCUT2D eigenvalue weighted by Gasteiger charge is 2.18. The summed E-state index contributed by atoms with van der Waals surface area (Å²) < 4.78 is 6.57. The molecular formula is C15H18N2O3. The van der Waals surface area contributed by atoms with Crippen LogP contribution in [0.3, 0.4) is 0 Å². The molecule has 5 heteroatoms. The Bertz CT molecular complexity index is 663. The van der Waals surface area contributed by atoms with Gasteiger partial charge in [-0.1, -0.05) is 25.0 Å². The average molecular weight is 274 g/mol. The van der Waals surface area contributed by atoms with Crippen molar-refractivity contribution in [2.45, 2.75) is 32.2 Å². The second-order valence-corrected chi connectivity index (χ2v) is 5.22. The monoisotopic (exact) mass is 274 g/mol. The predicted octanol–water partition coefficient (Wildman–Crippen LogP) is 2.00. The first-order valence-electron chi connectivity index (χ1n) is 7.12. The third kappa shape index (κ3) is 2.48. The molecule has 0 aliphatic carbocycles. The molecule has 3 rings (SSSR count). The Labute approximate surface area is 116 Å². The van der Waals surface area contributed by atoms with E-state index in [0.717, 1.165) is 25.9 Å². The predicted molar refractivity (Wildman–Crippen MR) is 75.5 cm³/mol. The van der Waals surface area contributed by atoms with Crippen LogP contribution in [0.1, 0.15) is 25.7 Å². The highest BCUT2D eigenvalue weighted by atomic mass is 16.4. The van der Waals surface area contributed by atoms with E-state index < -0.39 is 5.76 Å². The smallest absolute Gasteiger partial charge is 0.408 e. The van der Waals surface area contributed by atoms with E-state index in [1.54, 1.807) is 12.1 Å². The van der Waals surface area contributed by atoms with Gasteiger partial charge in [0.05, 0.1) is 5.52 Å². The summed E-state index contributed by atoms with van der Waals surface area (Å²) in [6.07, 6.45) is 4.45. The molecule has 1 saturated heterocycles. The Morgan fingerprint density at radius 1 is 1.10 bits per heavy atom. The molecule has 2 heterocycles. The van der Waals surface area contributed by atoms with Crippen LogP contribution in [0, 0.1) is 0 Å². The van der Waals surface area contributed by atoms with Crippen LogP contribution < -0.4 is 5.76 Å². The number of fused-ring (bicyclic) bond motifs is 1. The molecule has 1 aliphatic rings. The molecule has 0 spiro atoms. The number of carbonyl (C=O) groups excluding carboxylic acids is 1. The molecule has 0 atom stereocenters. The van der Waals surface area contributed by atoms with Gasteiger partial charge in [0, 0.05) is 13.1 Å². The molecule has 2 aromatic rings. The lowest BCUT2D eigenvalue weighted by molar-refractivity contribution is -0.131.